The van der Waals surface area contributed by atoms with Crippen molar-refractivity contribution in [1.29, 1.82) is 5.26 Å². The SMILES string of the molecule is CCC(CC)C(=O)NC1CCCN(c2cnc(C(N)=O)c(Nc3ccc(C4(C#N)CC4)cc3)n2)C1. The van der Waals surface area contributed by atoms with E-state index in [4.69, 9.17) is 5.73 Å². The number of hydrogen-bond donors (Lipinski definition) is 3. The first kappa shape index (κ1) is 24.5. The lowest BCUT2D eigenvalue weighted by atomic mass is 9.98. The standard InChI is InChI=1S/C26H33N7O2/c1-3-17(4-2)25(35)31-20-6-5-13-33(15-20)21-14-29-22(23(28)34)24(32-21)30-19-9-7-18(8-10-19)26(16-27)11-12-26/h7-10,14,17,20H,3-6,11-13,15H2,1-2H3,(H2,28,34)(H,30,32)(H,31,35). The van der Waals surface area contributed by atoms with Gasteiger partial charge in [0.1, 0.15) is 5.82 Å². The van der Waals surface area contributed by atoms with E-state index in [1.54, 1.807) is 6.20 Å². The predicted molar refractivity (Wildman–Crippen MR) is 134 cm³/mol. The molecule has 2 amide bonds. The summed E-state index contributed by atoms with van der Waals surface area (Å²) in [4.78, 5) is 35.6. The Morgan fingerprint density at radius 2 is 1.97 bits per heavy atom. The van der Waals surface area contributed by atoms with Crippen LogP contribution in [0.3, 0.4) is 0 Å². The highest BCUT2D eigenvalue weighted by Gasteiger charge is 2.44. The third-order valence-corrected chi connectivity index (χ3v) is 7.11. The van der Waals surface area contributed by atoms with E-state index in [2.05, 4.69) is 31.6 Å². The van der Waals surface area contributed by atoms with Crippen LogP contribution in [-0.2, 0) is 10.2 Å². The van der Waals surface area contributed by atoms with Crippen molar-refractivity contribution in [2.45, 2.75) is 63.8 Å². The number of rotatable bonds is 9. The van der Waals surface area contributed by atoms with Crippen molar-refractivity contribution in [1.82, 2.24) is 15.3 Å². The Kier molecular flexibility index (Phi) is 7.20. The van der Waals surface area contributed by atoms with Gasteiger partial charge in [0.15, 0.2) is 11.5 Å². The van der Waals surface area contributed by atoms with Crippen LogP contribution >= 0.6 is 0 Å². The number of primary amides is 1. The molecule has 1 aromatic carbocycles. The van der Waals surface area contributed by atoms with Gasteiger partial charge >= 0.3 is 0 Å². The summed E-state index contributed by atoms with van der Waals surface area (Å²) in [5.41, 5.74) is 6.98. The van der Waals surface area contributed by atoms with Gasteiger partial charge in [-0.15, -0.1) is 0 Å². The maximum absolute atomic E-state index is 12.6. The Morgan fingerprint density at radius 3 is 2.57 bits per heavy atom. The molecule has 4 rings (SSSR count). The van der Waals surface area contributed by atoms with Gasteiger partial charge in [0.25, 0.3) is 5.91 Å². The third kappa shape index (κ3) is 5.37. The Labute approximate surface area is 206 Å². The fourth-order valence-electron chi connectivity index (χ4n) is 4.68. The number of nitrogens with one attached hydrogen (secondary N) is 2. The lowest BCUT2D eigenvalue weighted by molar-refractivity contribution is -0.126. The van der Waals surface area contributed by atoms with Crippen molar-refractivity contribution in [3.63, 3.8) is 0 Å². The topological polar surface area (TPSA) is 137 Å². The molecule has 2 heterocycles. The number of carbonyl (C=O) groups is 2. The lowest BCUT2D eigenvalue weighted by Crippen LogP contribution is -2.49. The predicted octanol–water partition coefficient (Wildman–Crippen LogP) is 3.40. The van der Waals surface area contributed by atoms with Crippen LogP contribution in [-0.4, -0.2) is 40.9 Å². The van der Waals surface area contributed by atoms with E-state index in [0.29, 0.717) is 12.4 Å². The van der Waals surface area contributed by atoms with Crippen molar-refractivity contribution in [3.8, 4) is 6.07 Å². The van der Waals surface area contributed by atoms with Gasteiger partial charge in [0.2, 0.25) is 5.91 Å². The maximum Gasteiger partial charge on any atom is 0.271 e. The summed E-state index contributed by atoms with van der Waals surface area (Å²) in [6, 6.07) is 10.0. The summed E-state index contributed by atoms with van der Waals surface area (Å²) < 4.78 is 0. The van der Waals surface area contributed by atoms with E-state index >= 15 is 0 Å². The molecule has 0 spiro atoms. The largest absolute Gasteiger partial charge is 0.364 e. The summed E-state index contributed by atoms with van der Waals surface area (Å²) in [5.74, 6) is 0.375. The summed E-state index contributed by atoms with van der Waals surface area (Å²) >= 11 is 0. The molecule has 1 saturated carbocycles. The molecule has 35 heavy (non-hydrogen) atoms. The summed E-state index contributed by atoms with van der Waals surface area (Å²) in [7, 11) is 0. The number of nitrogens with zero attached hydrogens (tertiary/aromatic N) is 4. The Hall–Kier alpha value is -3.67. The summed E-state index contributed by atoms with van der Waals surface area (Å²) in [5, 5.41) is 15.8. The molecule has 1 unspecified atom stereocenters. The average Bonchev–Trinajstić information content (AvgIpc) is 3.66. The summed E-state index contributed by atoms with van der Waals surface area (Å²) in [6.07, 6.45) is 6.80. The highest BCUT2D eigenvalue weighted by Crippen LogP contribution is 2.47. The quantitative estimate of drug-likeness (QED) is 0.505. The number of nitriles is 1. The van der Waals surface area contributed by atoms with E-state index in [0.717, 1.165) is 56.3 Å². The monoisotopic (exact) mass is 475 g/mol. The molecule has 2 aromatic rings. The molecule has 0 bridgehead atoms. The van der Waals surface area contributed by atoms with Gasteiger partial charge < -0.3 is 21.3 Å². The Balaban J connectivity index is 1.50. The number of carbonyl (C=O) groups excluding carboxylic acids is 2. The highest BCUT2D eigenvalue weighted by atomic mass is 16.2. The zero-order valence-corrected chi connectivity index (χ0v) is 20.4. The third-order valence-electron chi connectivity index (χ3n) is 7.11. The molecule has 1 aliphatic heterocycles. The number of aromatic nitrogens is 2. The minimum absolute atomic E-state index is 0.0326. The van der Waals surface area contributed by atoms with E-state index in [-0.39, 0.29) is 34.8 Å². The fourth-order valence-corrected chi connectivity index (χ4v) is 4.68. The van der Waals surface area contributed by atoms with Gasteiger partial charge in [-0.1, -0.05) is 26.0 Å². The smallest absolute Gasteiger partial charge is 0.271 e. The number of piperidine rings is 1. The van der Waals surface area contributed by atoms with Gasteiger partial charge in [-0.2, -0.15) is 5.26 Å². The molecule has 1 aliphatic carbocycles. The first-order valence-electron chi connectivity index (χ1n) is 12.4. The van der Waals surface area contributed by atoms with Crippen LogP contribution in [0.4, 0.5) is 17.3 Å². The number of benzene rings is 1. The van der Waals surface area contributed by atoms with Crippen molar-refractivity contribution < 1.29 is 9.59 Å². The van der Waals surface area contributed by atoms with Crippen molar-refractivity contribution in [2.75, 3.05) is 23.3 Å². The second-order valence-electron chi connectivity index (χ2n) is 9.49. The minimum Gasteiger partial charge on any atom is -0.364 e. The highest BCUT2D eigenvalue weighted by molar-refractivity contribution is 5.96. The van der Waals surface area contributed by atoms with E-state index in [1.807, 2.05) is 38.1 Å². The van der Waals surface area contributed by atoms with Crippen molar-refractivity contribution >= 4 is 29.1 Å². The van der Waals surface area contributed by atoms with E-state index in [9.17, 15) is 14.9 Å². The van der Waals surface area contributed by atoms with Gasteiger partial charge in [-0.25, -0.2) is 9.97 Å². The van der Waals surface area contributed by atoms with Crippen molar-refractivity contribution in [3.05, 3.63) is 41.7 Å². The van der Waals surface area contributed by atoms with Gasteiger partial charge in [-0.3, -0.25) is 9.59 Å². The summed E-state index contributed by atoms with van der Waals surface area (Å²) in [6.45, 7) is 5.48. The number of anilines is 3. The molecule has 2 fully saturated rings. The van der Waals surface area contributed by atoms with Gasteiger partial charge in [-0.05, 0) is 56.2 Å². The second-order valence-corrected chi connectivity index (χ2v) is 9.49. The van der Waals surface area contributed by atoms with Crippen LogP contribution in [0, 0.1) is 17.2 Å². The molecule has 1 atom stereocenters. The number of hydrogen-bond acceptors (Lipinski definition) is 7. The molecule has 0 radical (unpaired) electrons. The van der Waals surface area contributed by atoms with Crippen LogP contribution < -0.4 is 21.3 Å². The van der Waals surface area contributed by atoms with E-state index < -0.39 is 5.91 Å². The van der Waals surface area contributed by atoms with Gasteiger partial charge in [0, 0.05) is 30.7 Å². The molecular weight excluding hydrogens is 442 g/mol. The molecule has 9 nitrogen and oxygen atoms in total. The first-order chi connectivity index (χ1) is 16.9. The molecule has 2 aliphatic rings. The second kappa shape index (κ2) is 10.3. The number of nitrogens with two attached hydrogens (primary N) is 1. The maximum atomic E-state index is 12.6. The fraction of sp³-hybridized carbons (Fsp3) is 0.500. The zero-order chi connectivity index (χ0) is 25.0. The first-order valence-corrected chi connectivity index (χ1v) is 12.4. The molecule has 1 saturated heterocycles. The Bertz CT molecular complexity index is 1120. The van der Waals surface area contributed by atoms with Crippen LogP contribution in [0.5, 0.6) is 0 Å². The van der Waals surface area contributed by atoms with Crippen LogP contribution in [0.25, 0.3) is 0 Å². The number of amides is 2. The van der Waals surface area contributed by atoms with Crippen LogP contribution in [0.2, 0.25) is 0 Å². The molecule has 184 valence electrons. The molecule has 1 aromatic heterocycles. The van der Waals surface area contributed by atoms with Crippen LogP contribution in [0.15, 0.2) is 30.5 Å². The van der Waals surface area contributed by atoms with Crippen molar-refractivity contribution in [2.24, 2.45) is 11.7 Å². The molecule has 9 heteroatoms. The zero-order valence-electron chi connectivity index (χ0n) is 20.4. The minimum atomic E-state index is -0.668. The Morgan fingerprint density at radius 1 is 1.26 bits per heavy atom. The normalized spacial score (nSPS) is 18.6. The van der Waals surface area contributed by atoms with Gasteiger partial charge in [0.05, 0.1) is 17.7 Å². The molecule has 4 N–H and O–H groups in total. The molecular formula is C26H33N7O2. The van der Waals surface area contributed by atoms with Crippen LogP contribution in [0.1, 0.15) is 68.4 Å². The average molecular weight is 476 g/mol. The van der Waals surface area contributed by atoms with E-state index in [1.165, 1.54) is 0 Å². The lowest BCUT2D eigenvalue weighted by Gasteiger charge is -2.34.